The van der Waals surface area contributed by atoms with E-state index in [2.05, 4.69) is 48.3 Å². The lowest BCUT2D eigenvalue weighted by molar-refractivity contribution is 0.332. The van der Waals surface area contributed by atoms with Crippen LogP contribution in [0.15, 0.2) is 24.3 Å². The molecule has 1 aliphatic rings. The van der Waals surface area contributed by atoms with Gasteiger partial charge in [0.05, 0.1) is 0 Å². The summed E-state index contributed by atoms with van der Waals surface area (Å²) in [4.78, 5) is 2.60. The molecule has 0 bridgehead atoms. The molecule has 0 aromatic heterocycles. The Kier molecular flexibility index (Phi) is 5.06. The summed E-state index contributed by atoms with van der Waals surface area (Å²) in [6.07, 6.45) is 4.14. The molecule has 1 aromatic carbocycles. The fourth-order valence-corrected chi connectivity index (χ4v) is 2.87. The highest BCUT2D eigenvalue weighted by Gasteiger charge is 2.20. The first kappa shape index (κ1) is 13.4. The van der Waals surface area contributed by atoms with Gasteiger partial charge in [0.1, 0.15) is 0 Å². The number of benzene rings is 1. The second-order valence-electron chi connectivity index (χ2n) is 5.54. The molecule has 2 rings (SSSR count). The summed E-state index contributed by atoms with van der Waals surface area (Å²) in [5.41, 5.74) is 2.57. The molecule has 1 N–H and O–H groups in total. The maximum Gasteiger partial charge on any atom is 0.0343 e. The Bertz CT molecular complexity index is 362. The van der Waals surface area contributed by atoms with E-state index in [4.69, 9.17) is 0 Å². The van der Waals surface area contributed by atoms with Gasteiger partial charge in [-0.1, -0.05) is 25.5 Å². The van der Waals surface area contributed by atoms with Crippen molar-refractivity contribution in [2.45, 2.75) is 33.1 Å². The van der Waals surface area contributed by atoms with Crippen LogP contribution in [0, 0.1) is 12.8 Å². The molecule has 0 radical (unpaired) electrons. The molecular weight excluding hydrogens is 220 g/mol. The molecule has 1 fully saturated rings. The number of hydrogen-bond donors (Lipinski definition) is 1. The number of nitrogens with zero attached hydrogens (tertiary/aromatic N) is 1. The second-order valence-corrected chi connectivity index (χ2v) is 5.54. The number of likely N-dealkylation sites (tertiary alicyclic amines) is 1. The minimum absolute atomic E-state index is 0.953. The highest BCUT2D eigenvalue weighted by molar-refractivity contribution is 5.45. The SMILES string of the molecule is CCCC1CCN(CCNc2cccc(C)c2)C1. The van der Waals surface area contributed by atoms with E-state index in [9.17, 15) is 0 Å². The molecule has 0 amide bonds. The molecule has 1 aromatic rings. The summed E-state index contributed by atoms with van der Waals surface area (Å²) < 4.78 is 0. The second kappa shape index (κ2) is 6.79. The molecule has 2 nitrogen and oxygen atoms in total. The molecule has 1 unspecified atom stereocenters. The van der Waals surface area contributed by atoms with Crippen LogP contribution in [-0.2, 0) is 0 Å². The molecule has 18 heavy (non-hydrogen) atoms. The van der Waals surface area contributed by atoms with Crippen molar-refractivity contribution >= 4 is 5.69 Å². The predicted octanol–water partition coefficient (Wildman–Crippen LogP) is 3.53. The standard InChI is InChI=1S/C16H26N2/c1-3-5-15-8-10-18(13-15)11-9-17-16-7-4-6-14(2)12-16/h4,6-7,12,15,17H,3,5,8-11,13H2,1-2H3. The molecule has 2 heteroatoms. The molecule has 1 aliphatic heterocycles. The summed E-state index contributed by atoms with van der Waals surface area (Å²) in [5, 5.41) is 3.52. The van der Waals surface area contributed by atoms with Crippen molar-refractivity contribution in [3.8, 4) is 0 Å². The summed E-state index contributed by atoms with van der Waals surface area (Å²) in [7, 11) is 0. The fourth-order valence-electron chi connectivity index (χ4n) is 2.87. The Morgan fingerprint density at radius 3 is 3.06 bits per heavy atom. The lowest BCUT2D eigenvalue weighted by Gasteiger charge is -2.16. The third-order valence-electron chi connectivity index (χ3n) is 3.84. The maximum atomic E-state index is 3.52. The first-order valence-corrected chi connectivity index (χ1v) is 7.31. The van der Waals surface area contributed by atoms with E-state index < -0.39 is 0 Å². The van der Waals surface area contributed by atoms with E-state index in [0.29, 0.717) is 0 Å². The Hall–Kier alpha value is -1.02. The average Bonchev–Trinajstić information content (AvgIpc) is 2.78. The molecule has 1 heterocycles. The quantitative estimate of drug-likeness (QED) is 0.826. The van der Waals surface area contributed by atoms with E-state index in [-0.39, 0.29) is 0 Å². The molecule has 0 spiro atoms. The molecule has 100 valence electrons. The van der Waals surface area contributed by atoms with E-state index in [0.717, 1.165) is 12.5 Å². The van der Waals surface area contributed by atoms with E-state index in [1.54, 1.807) is 0 Å². The Balaban J connectivity index is 1.67. The van der Waals surface area contributed by atoms with Crippen LogP contribution in [-0.4, -0.2) is 31.1 Å². The van der Waals surface area contributed by atoms with Crippen LogP contribution in [0.5, 0.6) is 0 Å². The van der Waals surface area contributed by atoms with Gasteiger partial charge < -0.3 is 10.2 Å². The monoisotopic (exact) mass is 246 g/mol. The molecule has 1 atom stereocenters. The third kappa shape index (κ3) is 4.02. The Morgan fingerprint density at radius 2 is 2.28 bits per heavy atom. The zero-order valence-electron chi connectivity index (χ0n) is 11.8. The molecule has 0 saturated carbocycles. The van der Waals surface area contributed by atoms with Crippen LogP contribution in [0.2, 0.25) is 0 Å². The van der Waals surface area contributed by atoms with E-state index in [1.807, 2.05) is 0 Å². The lowest BCUT2D eigenvalue weighted by Crippen LogP contribution is -2.27. The number of aryl methyl sites for hydroxylation is 1. The summed E-state index contributed by atoms with van der Waals surface area (Å²) in [6, 6.07) is 8.62. The van der Waals surface area contributed by atoms with Crippen molar-refractivity contribution in [2.75, 3.05) is 31.5 Å². The van der Waals surface area contributed by atoms with Gasteiger partial charge in [-0.15, -0.1) is 0 Å². The highest BCUT2D eigenvalue weighted by atomic mass is 15.2. The lowest BCUT2D eigenvalue weighted by atomic mass is 10.0. The van der Waals surface area contributed by atoms with Gasteiger partial charge in [0, 0.05) is 25.3 Å². The number of anilines is 1. The fraction of sp³-hybridized carbons (Fsp3) is 0.625. The van der Waals surface area contributed by atoms with Crippen molar-refractivity contribution in [3.63, 3.8) is 0 Å². The molecule has 1 saturated heterocycles. The first-order valence-electron chi connectivity index (χ1n) is 7.31. The van der Waals surface area contributed by atoms with Crippen LogP contribution in [0.1, 0.15) is 31.7 Å². The smallest absolute Gasteiger partial charge is 0.0343 e. The highest BCUT2D eigenvalue weighted by Crippen LogP contribution is 2.20. The van der Waals surface area contributed by atoms with Crippen LogP contribution < -0.4 is 5.32 Å². The van der Waals surface area contributed by atoms with Crippen molar-refractivity contribution in [2.24, 2.45) is 5.92 Å². The summed E-state index contributed by atoms with van der Waals surface area (Å²) >= 11 is 0. The van der Waals surface area contributed by atoms with Gasteiger partial charge in [-0.2, -0.15) is 0 Å². The predicted molar refractivity (Wildman–Crippen MR) is 79.1 cm³/mol. The Labute approximate surface area is 111 Å². The van der Waals surface area contributed by atoms with Crippen LogP contribution in [0.25, 0.3) is 0 Å². The van der Waals surface area contributed by atoms with Crippen molar-refractivity contribution in [3.05, 3.63) is 29.8 Å². The Morgan fingerprint density at radius 1 is 1.39 bits per heavy atom. The van der Waals surface area contributed by atoms with Crippen LogP contribution >= 0.6 is 0 Å². The largest absolute Gasteiger partial charge is 0.384 e. The first-order chi connectivity index (χ1) is 8.78. The molecule has 0 aliphatic carbocycles. The van der Waals surface area contributed by atoms with Gasteiger partial charge in [0.15, 0.2) is 0 Å². The topological polar surface area (TPSA) is 15.3 Å². The van der Waals surface area contributed by atoms with E-state index >= 15 is 0 Å². The van der Waals surface area contributed by atoms with Gasteiger partial charge in [-0.25, -0.2) is 0 Å². The molecular formula is C16H26N2. The van der Waals surface area contributed by atoms with Gasteiger partial charge >= 0.3 is 0 Å². The minimum atomic E-state index is 0.953. The van der Waals surface area contributed by atoms with Gasteiger partial charge in [-0.05, 0) is 49.9 Å². The summed E-state index contributed by atoms with van der Waals surface area (Å²) in [5.74, 6) is 0.953. The maximum absolute atomic E-state index is 3.52. The van der Waals surface area contributed by atoms with Crippen LogP contribution in [0.4, 0.5) is 5.69 Å². The van der Waals surface area contributed by atoms with Gasteiger partial charge in [-0.3, -0.25) is 0 Å². The number of nitrogens with one attached hydrogen (secondary N) is 1. The summed E-state index contributed by atoms with van der Waals surface area (Å²) in [6.45, 7) is 9.27. The zero-order valence-corrected chi connectivity index (χ0v) is 11.8. The number of hydrogen-bond acceptors (Lipinski definition) is 2. The van der Waals surface area contributed by atoms with Crippen molar-refractivity contribution in [1.29, 1.82) is 0 Å². The number of rotatable bonds is 6. The third-order valence-corrected chi connectivity index (χ3v) is 3.84. The van der Waals surface area contributed by atoms with Gasteiger partial charge in [0.25, 0.3) is 0 Å². The van der Waals surface area contributed by atoms with Crippen LogP contribution in [0.3, 0.4) is 0 Å². The normalized spacial score (nSPS) is 20.2. The van der Waals surface area contributed by atoms with Gasteiger partial charge in [0.2, 0.25) is 0 Å². The minimum Gasteiger partial charge on any atom is -0.384 e. The zero-order chi connectivity index (χ0) is 12.8. The van der Waals surface area contributed by atoms with Crippen molar-refractivity contribution < 1.29 is 0 Å². The average molecular weight is 246 g/mol. The van der Waals surface area contributed by atoms with Crippen molar-refractivity contribution in [1.82, 2.24) is 4.90 Å². The van der Waals surface area contributed by atoms with E-state index in [1.165, 1.54) is 50.1 Å².